The Morgan fingerprint density at radius 3 is 2.11 bits per heavy atom. The third kappa shape index (κ3) is 7.14. The molecule has 1 N–H and O–H groups in total. The van der Waals surface area contributed by atoms with Gasteiger partial charge in [0, 0.05) is 0 Å². The summed E-state index contributed by atoms with van der Waals surface area (Å²) < 4.78 is 0. The molecular formula is C6H13N3. The topological polar surface area (TPSA) is 41.6 Å². The van der Waals surface area contributed by atoms with Gasteiger partial charge in [-0.1, -0.05) is 26.7 Å². The van der Waals surface area contributed by atoms with Crippen LogP contribution in [0, 0.1) is 0 Å². The third-order valence-corrected chi connectivity index (χ3v) is 0.831. The molecule has 0 saturated heterocycles. The van der Waals surface area contributed by atoms with E-state index in [1.54, 1.807) is 0 Å². The Morgan fingerprint density at radius 1 is 1.33 bits per heavy atom. The van der Waals surface area contributed by atoms with E-state index in [1.807, 2.05) is 0 Å². The number of aromatic amines is 1. The second-order valence-electron chi connectivity index (χ2n) is 1.65. The quantitative estimate of drug-likeness (QED) is 0.622. The van der Waals surface area contributed by atoms with Crippen LogP contribution in [0.2, 0.25) is 0 Å². The number of nitrogens with one attached hydrogen (secondary N) is 1. The van der Waals surface area contributed by atoms with Crippen LogP contribution in [0.25, 0.3) is 0 Å². The Labute approximate surface area is 55.5 Å². The number of rotatable bonds is 1. The molecule has 1 aromatic rings. The molecule has 0 amide bonds. The molecule has 9 heavy (non-hydrogen) atoms. The first-order valence-electron chi connectivity index (χ1n) is 3.20. The highest BCUT2D eigenvalue weighted by Gasteiger charge is 1.57. The van der Waals surface area contributed by atoms with Crippen LogP contribution in [0.5, 0.6) is 0 Å². The van der Waals surface area contributed by atoms with E-state index in [0.29, 0.717) is 0 Å². The van der Waals surface area contributed by atoms with E-state index in [2.05, 4.69) is 29.0 Å². The number of hydrogen-bond acceptors (Lipinski definition) is 2. The van der Waals surface area contributed by atoms with Crippen LogP contribution >= 0.6 is 0 Å². The second kappa shape index (κ2) is 7.14. The summed E-state index contributed by atoms with van der Waals surface area (Å²) in [7, 11) is 0. The Hall–Kier alpha value is -0.860. The van der Waals surface area contributed by atoms with E-state index in [4.69, 9.17) is 0 Å². The molecule has 0 aliphatic carbocycles. The maximum Gasteiger partial charge on any atom is 0.137 e. The van der Waals surface area contributed by atoms with Crippen molar-refractivity contribution in [1.82, 2.24) is 15.2 Å². The minimum atomic E-state index is 1.32. The van der Waals surface area contributed by atoms with Gasteiger partial charge in [0.2, 0.25) is 0 Å². The summed E-state index contributed by atoms with van der Waals surface area (Å²) in [6.07, 6.45) is 5.60. The molecule has 0 atom stereocenters. The van der Waals surface area contributed by atoms with Gasteiger partial charge in [-0.15, -0.1) is 0 Å². The van der Waals surface area contributed by atoms with Gasteiger partial charge in [0.05, 0.1) is 0 Å². The SMILES string of the molecule is CCCC.c1nc[nH]n1. The van der Waals surface area contributed by atoms with Gasteiger partial charge in [-0.25, -0.2) is 4.98 Å². The van der Waals surface area contributed by atoms with Gasteiger partial charge in [-0.3, -0.25) is 5.10 Å². The van der Waals surface area contributed by atoms with Crippen molar-refractivity contribution in [3.63, 3.8) is 0 Å². The lowest BCUT2D eigenvalue weighted by Crippen LogP contribution is -1.53. The molecule has 0 radical (unpaired) electrons. The molecular weight excluding hydrogens is 114 g/mol. The van der Waals surface area contributed by atoms with E-state index in [9.17, 15) is 0 Å². The summed E-state index contributed by atoms with van der Waals surface area (Å²) in [6.45, 7) is 4.36. The first kappa shape index (κ1) is 8.14. The van der Waals surface area contributed by atoms with E-state index in [0.717, 1.165) is 0 Å². The van der Waals surface area contributed by atoms with Crippen LogP contribution in [-0.4, -0.2) is 15.2 Å². The number of aromatic nitrogens is 3. The van der Waals surface area contributed by atoms with E-state index >= 15 is 0 Å². The van der Waals surface area contributed by atoms with Crippen LogP contribution in [0.4, 0.5) is 0 Å². The highest BCUT2D eigenvalue weighted by Crippen LogP contribution is 1.76. The number of H-pyrrole nitrogens is 1. The fraction of sp³-hybridized carbons (Fsp3) is 0.667. The number of unbranched alkanes of at least 4 members (excludes halogenated alkanes) is 1. The average molecular weight is 127 g/mol. The monoisotopic (exact) mass is 127 g/mol. The molecule has 0 unspecified atom stereocenters. The minimum Gasteiger partial charge on any atom is -0.266 e. The first-order valence-corrected chi connectivity index (χ1v) is 3.20. The van der Waals surface area contributed by atoms with Crippen LogP contribution in [0.3, 0.4) is 0 Å². The maximum atomic E-state index is 3.56. The Morgan fingerprint density at radius 2 is 2.00 bits per heavy atom. The molecule has 1 aromatic heterocycles. The van der Waals surface area contributed by atoms with Crippen molar-refractivity contribution in [1.29, 1.82) is 0 Å². The van der Waals surface area contributed by atoms with Crippen molar-refractivity contribution in [2.24, 2.45) is 0 Å². The summed E-state index contributed by atoms with van der Waals surface area (Å²) in [4.78, 5) is 3.56. The van der Waals surface area contributed by atoms with Crippen molar-refractivity contribution in [2.45, 2.75) is 26.7 Å². The smallest absolute Gasteiger partial charge is 0.137 e. The summed E-state index contributed by atoms with van der Waals surface area (Å²) >= 11 is 0. The summed E-state index contributed by atoms with van der Waals surface area (Å²) in [5.74, 6) is 0. The van der Waals surface area contributed by atoms with Crippen molar-refractivity contribution >= 4 is 0 Å². The fourth-order valence-electron chi connectivity index (χ4n) is 0.167. The third-order valence-electron chi connectivity index (χ3n) is 0.831. The van der Waals surface area contributed by atoms with Gasteiger partial charge in [-0.2, -0.15) is 5.10 Å². The van der Waals surface area contributed by atoms with Crippen LogP contribution < -0.4 is 0 Å². The molecule has 52 valence electrons. The summed E-state index contributed by atoms with van der Waals surface area (Å²) in [5, 5.41) is 5.99. The standard InChI is InChI=1S/C4H10.C2H3N3/c1-3-4-2;1-3-2-5-4-1/h3-4H2,1-2H3;1-2H,(H,3,4,5). The molecule has 0 fully saturated rings. The first-order chi connectivity index (χ1) is 4.41. The zero-order chi connectivity index (χ0) is 6.95. The molecule has 1 rings (SSSR count). The lowest BCUT2D eigenvalue weighted by molar-refractivity contribution is 0.886. The van der Waals surface area contributed by atoms with Crippen molar-refractivity contribution < 1.29 is 0 Å². The minimum absolute atomic E-state index is 1.32. The molecule has 3 nitrogen and oxygen atoms in total. The van der Waals surface area contributed by atoms with Gasteiger partial charge in [-0.05, 0) is 0 Å². The Balaban J connectivity index is 0.000000148. The molecule has 1 heterocycles. The van der Waals surface area contributed by atoms with Gasteiger partial charge < -0.3 is 0 Å². The normalized spacial score (nSPS) is 7.78. The van der Waals surface area contributed by atoms with Crippen molar-refractivity contribution in [2.75, 3.05) is 0 Å². The van der Waals surface area contributed by atoms with Crippen molar-refractivity contribution in [3.8, 4) is 0 Å². The zero-order valence-electron chi connectivity index (χ0n) is 5.96. The lowest BCUT2D eigenvalue weighted by atomic mass is 10.4. The van der Waals surface area contributed by atoms with Crippen LogP contribution in [-0.2, 0) is 0 Å². The average Bonchev–Trinajstić information content (AvgIpc) is 2.43. The predicted octanol–water partition coefficient (Wildman–Crippen LogP) is 1.61. The Kier molecular flexibility index (Phi) is 6.46. The molecule has 0 aliphatic heterocycles. The van der Waals surface area contributed by atoms with Gasteiger partial charge in [0.25, 0.3) is 0 Å². The molecule has 0 aromatic carbocycles. The molecule has 0 spiro atoms. The molecule has 3 heteroatoms. The lowest BCUT2D eigenvalue weighted by Gasteiger charge is -1.68. The maximum absolute atomic E-state index is 3.56. The highest BCUT2D eigenvalue weighted by molar-refractivity contribution is 4.43. The number of hydrogen-bond donors (Lipinski definition) is 1. The molecule has 0 bridgehead atoms. The van der Waals surface area contributed by atoms with Gasteiger partial charge in [0.1, 0.15) is 12.7 Å². The highest BCUT2D eigenvalue weighted by atomic mass is 15.2. The molecule has 0 aliphatic rings. The van der Waals surface area contributed by atoms with Crippen LogP contribution in [0.15, 0.2) is 12.7 Å². The van der Waals surface area contributed by atoms with Crippen molar-refractivity contribution in [3.05, 3.63) is 12.7 Å². The Bertz CT molecular complexity index is 83.8. The second-order valence-corrected chi connectivity index (χ2v) is 1.65. The fourth-order valence-corrected chi connectivity index (χ4v) is 0.167. The van der Waals surface area contributed by atoms with E-state index < -0.39 is 0 Å². The van der Waals surface area contributed by atoms with Crippen LogP contribution in [0.1, 0.15) is 26.7 Å². The van der Waals surface area contributed by atoms with Gasteiger partial charge in [0.15, 0.2) is 0 Å². The summed E-state index contributed by atoms with van der Waals surface area (Å²) in [5.41, 5.74) is 0. The van der Waals surface area contributed by atoms with E-state index in [-0.39, 0.29) is 0 Å². The van der Waals surface area contributed by atoms with E-state index in [1.165, 1.54) is 25.5 Å². The summed E-state index contributed by atoms with van der Waals surface area (Å²) in [6, 6.07) is 0. The predicted molar refractivity (Wildman–Crippen MR) is 37.0 cm³/mol. The largest absolute Gasteiger partial charge is 0.266 e. The number of nitrogens with zero attached hydrogens (tertiary/aromatic N) is 2. The van der Waals surface area contributed by atoms with Gasteiger partial charge >= 0.3 is 0 Å². The molecule has 0 saturated carbocycles. The zero-order valence-corrected chi connectivity index (χ0v) is 5.96.